The maximum Gasteiger partial charge on any atom is 0.238 e. The molecule has 3 N–H and O–H groups in total. The molecule has 20 heavy (non-hydrogen) atoms. The minimum atomic E-state index is -0.498. The number of carbonyl (C=O) groups is 1. The quantitative estimate of drug-likeness (QED) is 0.793. The summed E-state index contributed by atoms with van der Waals surface area (Å²) in [4.78, 5) is 16.3. The molecule has 1 heterocycles. The van der Waals surface area contributed by atoms with Crippen LogP contribution in [0.15, 0.2) is 12.4 Å². The molecule has 1 amide bonds. The molecule has 112 valence electrons. The SMILES string of the molecule is CCNC1(C(N)=O)CCCC1CCn1ccnc1CC. The molecule has 2 atom stereocenters. The topological polar surface area (TPSA) is 72.9 Å². The lowest BCUT2D eigenvalue weighted by Gasteiger charge is -2.33. The molecule has 0 aliphatic heterocycles. The average molecular weight is 278 g/mol. The van der Waals surface area contributed by atoms with Crippen LogP contribution in [0.4, 0.5) is 0 Å². The van der Waals surface area contributed by atoms with Crippen LogP contribution in [0.2, 0.25) is 0 Å². The Hall–Kier alpha value is -1.36. The Morgan fingerprint density at radius 2 is 2.40 bits per heavy atom. The van der Waals surface area contributed by atoms with Crippen LogP contribution in [-0.2, 0) is 17.8 Å². The summed E-state index contributed by atoms with van der Waals surface area (Å²) in [5.41, 5.74) is 5.20. The molecular formula is C15H26N4O. The second-order valence-electron chi connectivity index (χ2n) is 5.63. The van der Waals surface area contributed by atoms with Gasteiger partial charge in [0, 0.05) is 25.4 Å². The van der Waals surface area contributed by atoms with Gasteiger partial charge in [-0.05, 0) is 31.7 Å². The number of likely N-dealkylation sites (N-methyl/N-ethyl adjacent to an activating group) is 1. The molecule has 0 saturated heterocycles. The van der Waals surface area contributed by atoms with Crippen molar-refractivity contribution in [3.8, 4) is 0 Å². The first kappa shape index (κ1) is 15.0. The smallest absolute Gasteiger partial charge is 0.238 e. The molecule has 2 unspecified atom stereocenters. The first-order valence-corrected chi connectivity index (χ1v) is 7.69. The van der Waals surface area contributed by atoms with E-state index in [1.165, 1.54) is 0 Å². The maximum absolute atomic E-state index is 11.9. The first-order valence-electron chi connectivity index (χ1n) is 7.69. The minimum absolute atomic E-state index is 0.191. The third kappa shape index (κ3) is 2.73. The highest BCUT2D eigenvalue weighted by Crippen LogP contribution is 2.38. The van der Waals surface area contributed by atoms with Gasteiger partial charge < -0.3 is 15.6 Å². The van der Waals surface area contributed by atoms with Crippen LogP contribution >= 0.6 is 0 Å². The second kappa shape index (κ2) is 6.39. The highest BCUT2D eigenvalue weighted by Gasteiger charge is 2.46. The zero-order valence-corrected chi connectivity index (χ0v) is 12.6. The van der Waals surface area contributed by atoms with E-state index in [0.717, 1.165) is 51.0 Å². The number of hydrogen-bond donors (Lipinski definition) is 2. The van der Waals surface area contributed by atoms with Gasteiger partial charge in [-0.2, -0.15) is 0 Å². The predicted octanol–water partition coefficient (Wildman–Crippen LogP) is 1.47. The van der Waals surface area contributed by atoms with E-state index in [0.29, 0.717) is 5.92 Å². The summed E-state index contributed by atoms with van der Waals surface area (Å²) in [6, 6.07) is 0. The number of primary amides is 1. The monoisotopic (exact) mass is 278 g/mol. The van der Waals surface area contributed by atoms with Crippen molar-refractivity contribution in [2.75, 3.05) is 6.54 Å². The van der Waals surface area contributed by atoms with Crippen molar-refractivity contribution in [1.29, 1.82) is 0 Å². The van der Waals surface area contributed by atoms with Gasteiger partial charge in [-0.1, -0.05) is 20.3 Å². The fraction of sp³-hybridized carbons (Fsp3) is 0.733. The van der Waals surface area contributed by atoms with Crippen LogP contribution in [-0.4, -0.2) is 27.5 Å². The third-order valence-corrected chi connectivity index (χ3v) is 4.59. The Morgan fingerprint density at radius 1 is 1.60 bits per heavy atom. The number of aromatic nitrogens is 2. The summed E-state index contributed by atoms with van der Waals surface area (Å²) in [5, 5.41) is 3.37. The molecule has 0 radical (unpaired) electrons. The van der Waals surface area contributed by atoms with Crippen molar-refractivity contribution in [2.45, 2.75) is 58.0 Å². The highest BCUT2D eigenvalue weighted by molar-refractivity contribution is 5.85. The molecule has 1 aromatic heterocycles. The molecule has 1 saturated carbocycles. The minimum Gasteiger partial charge on any atom is -0.368 e. The van der Waals surface area contributed by atoms with Crippen molar-refractivity contribution in [2.24, 2.45) is 11.7 Å². The van der Waals surface area contributed by atoms with Gasteiger partial charge >= 0.3 is 0 Å². The summed E-state index contributed by atoms with van der Waals surface area (Å²) < 4.78 is 2.19. The molecule has 1 aliphatic carbocycles. The number of hydrogen-bond acceptors (Lipinski definition) is 3. The standard InChI is InChI=1S/C15H26N4O/c1-3-13-17-9-11-19(13)10-7-12-6-5-8-15(12,14(16)20)18-4-2/h9,11-12,18H,3-8,10H2,1-2H3,(H2,16,20). The Bertz CT molecular complexity index is 456. The van der Waals surface area contributed by atoms with Gasteiger partial charge in [0.05, 0.1) is 0 Å². The van der Waals surface area contributed by atoms with Crippen molar-refractivity contribution >= 4 is 5.91 Å². The van der Waals surface area contributed by atoms with Crippen molar-refractivity contribution in [3.05, 3.63) is 18.2 Å². The van der Waals surface area contributed by atoms with Gasteiger partial charge in [0.15, 0.2) is 0 Å². The van der Waals surface area contributed by atoms with E-state index >= 15 is 0 Å². The summed E-state index contributed by atoms with van der Waals surface area (Å²) in [5.74, 6) is 1.24. The lowest BCUT2D eigenvalue weighted by molar-refractivity contribution is -0.126. The van der Waals surface area contributed by atoms with E-state index < -0.39 is 5.54 Å². The Kier molecular flexibility index (Phi) is 4.81. The molecule has 1 aliphatic rings. The van der Waals surface area contributed by atoms with Crippen LogP contribution in [0.1, 0.15) is 45.4 Å². The number of imidazole rings is 1. The number of aryl methyl sites for hydroxylation is 2. The zero-order chi connectivity index (χ0) is 14.6. The highest BCUT2D eigenvalue weighted by atomic mass is 16.1. The lowest BCUT2D eigenvalue weighted by atomic mass is 9.83. The maximum atomic E-state index is 11.9. The van der Waals surface area contributed by atoms with Crippen molar-refractivity contribution in [3.63, 3.8) is 0 Å². The molecular weight excluding hydrogens is 252 g/mol. The zero-order valence-electron chi connectivity index (χ0n) is 12.6. The number of nitrogens with one attached hydrogen (secondary N) is 1. The van der Waals surface area contributed by atoms with Crippen molar-refractivity contribution < 1.29 is 4.79 Å². The van der Waals surface area contributed by atoms with Gasteiger partial charge in [-0.15, -0.1) is 0 Å². The Balaban J connectivity index is 2.05. The number of rotatable bonds is 7. The van der Waals surface area contributed by atoms with Gasteiger partial charge in [0.25, 0.3) is 0 Å². The van der Waals surface area contributed by atoms with Gasteiger partial charge in [-0.25, -0.2) is 4.98 Å². The molecule has 5 nitrogen and oxygen atoms in total. The lowest BCUT2D eigenvalue weighted by Crippen LogP contribution is -2.58. The van der Waals surface area contributed by atoms with E-state index in [9.17, 15) is 4.79 Å². The van der Waals surface area contributed by atoms with E-state index in [-0.39, 0.29) is 5.91 Å². The first-order chi connectivity index (χ1) is 9.64. The fourth-order valence-electron chi connectivity index (χ4n) is 3.58. The van der Waals surface area contributed by atoms with Crippen LogP contribution in [0.25, 0.3) is 0 Å². The van der Waals surface area contributed by atoms with Crippen LogP contribution < -0.4 is 11.1 Å². The normalized spacial score (nSPS) is 26.0. The number of nitrogens with zero attached hydrogens (tertiary/aromatic N) is 2. The van der Waals surface area contributed by atoms with Crippen LogP contribution in [0, 0.1) is 5.92 Å². The fourth-order valence-corrected chi connectivity index (χ4v) is 3.58. The van der Waals surface area contributed by atoms with Crippen molar-refractivity contribution in [1.82, 2.24) is 14.9 Å². The molecule has 0 aromatic carbocycles. The van der Waals surface area contributed by atoms with Crippen LogP contribution in [0.5, 0.6) is 0 Å². The third-order valence-electron chi connectivity index (χ3n) is 4.59. The molecule has 1 fully saturated rings. The molecule has 1 aromatic rings. The predicted molar refractivity (Wildman–Crippen MR) is 79.2 cm³/mol. The van der Waals surface area contributed by atoms with Gasteiger partial charge in [0.1, 0.15) is 11.4 Å². The number of nitrogens with two attached hydrogens (primary N) is 1. The molecule has 2 rings (SSSR count). The van der Waals surface area contributed by atoms with Crippen LogP contribution in [0.3, 0.4) is 0 Å². The van der Waals surface area contributed by atoms with Gasteiger partial charge in [-0.3, -0.25) is 4.79 Å². The van der Waals surface area contributed by atoms with Gasteiger partial charge in [0.2, 0.25) is 5.91 Å². The molecule has 0 spiro atoms. The summed E-state index contributed by atoms with van der Waals surface area (Å²) in [6.07, 6.45) is 8.79. The summed E-state index contributed by atoms with van der Waals surface area (Å²) >= 11 is 0. The van der Waals surface area contributed by atoms with E-state index in [1.54, 1.807) is 0 Å². The number of amides is 1. The average Bonchev–Trinajstić information content (AvgIpc) is 3.03. The van der Waals surface area contributed by atoms with E-state index in [4.69, 9.17) is 5.73 Å². The molecule has 0 bridgehead atoms. The molecule has 5 heteroatoms. The van der Waals surface area contributed by atoms with E-state index in [2.05, 4.69) is 21.8 Å². The summed E-state index contributed by atoms with van der Waals surface area (Å²) in [6.45, 7) is 5.84. The number of carbonyl (C=O) groups excluding carboxylic acids is 1. The second-order valence-corrected chi connectivity index (χ2v) is 5.63. The Morgan fingerprint density at radius 3 is 3.05 bits per heavy atom. The van der Waals surface area contributed by atoms with E-state index in [1.807, 2.05) is 19.3 Å². The largest absolute Gasteiger partial charge is 0.368 e. The Labute approximate surface area is 120 Å². The summed E-state index contributed by atoms with van der Waals surface area (Å²) in [7, 11) is 0.